The van der Waals surface area contributed by atoms with Crippen molar-refractivity contribution in [2.75, 3.05) is 5.75 Å². The van der Waals surface area contributed by atoms with Gasteiger partial charge in [-0.2, -0.15) is 5.10 Å². The predicted octanol–water partition coefficient (Wildman–Crippen LogP) is 3.43. The highest BCUT2D eigenvalue weighted by atomic mass is 32.2. The maximum atomic E-state index is 13.5. The summed E-state index contributed by atoms with van der Waals surface area (Å²) < 4.78 is 3.39. The number of hydrogen-bond acceptors (Lipinski definition) is 5. The first-order valence-electron chi connectivity index (χ1n) is 10.9. The normalized spacial score (nSPS) is 14.4. The molecule has 31 heavy (non-hydrogen) atoms. The number of thioether (sulfide) groups is 1. The number of aromatic nitrogens is 4. The summed E-state index contributed by atoms with van der Waals surface area (Å²) in [4.78, 5) is 30.8. The third-order valence-electron chi connectivity index (χ3n) is 5.80. The van der Waals surface area contributed by atoms with Gasteiger partial charge in [-0.1, -0.05) is 54.4 Å². The molecule has 1 fully saturated rings. The number of carbonyl (C=O) groups excluding carboxylic acids is 1. The summed E-state index contributed by atoms with van der Waals surface area (Å²) in [5, 5.41) is 8.15. The Kier molecular flexibility index (Phi) is 6.46. The Balaban J connectivity index is 1.67. The SMILES string of the molecule is CCn1nc(C)c2nc(SCC(=O)NC3CCCC3)n(Cc3ccc(C)cc3)c(=O)c21. The molecule has 2 heterocycles. The second-order valence-electron chi connectivity index (χ2n) is 8.21. The van der Waals surface area contributed by atoms with Crippen LogP contribution < -0.4 is 10.9 Å². The zero-order chi connectivity index (χ0) is 22.0. The molecule has 4 rings (SSSR count). The lowest BCUT2D eigenvalue weighted by molar-refractivity contribution is -0.119. The number of nitrogens with one attached hydrogen (secondary N) is 1. The summed E-state index contributed by atoms with van der Waals surface area (Å²) in [5.74, 6) is 0.234. The highest BCUT2D eigenvalue weighted by Crippen LogP contribution is 2.22. The first-order chi connectivity index (χ1) is 15.0. The number of amides is 1. The predicted molar refractivity (Wildman–Crippen MR) is 124 cm³/mol. The van der Waals surface area contributed by atoms with Crippen LogP contribution in [0.5, 0.6) is 0 Å². The zero-order valence-corrected chi connectivity index (χ0v) is 19.2. The average Bonchev–Trinajstić information content (AvgIpc) is 3.38. The maximum absolute atomic E-state index is 13.5. The lowest BCUT2D eigenvalue weighted by atomic mass is 10.1. The summed E-state index contributed by atoms with van der Waals surface area (Å²) in [6, 6.07) is 8.40. The molecule has 2 aromatic heterocycles. The standard InChI is InChI=1S/C23H29N5O2S/c1-4-28-21-20(16(3)26-28)25-23(31-14-19(29)24-18-7-5-6-8-18)27(22(21)30)13-17-11-9-15(2)10-12-17/h9-12,18H,4-8,13-14H2,1-3H3,(H,24,29). The van der Waals surface area contributed by atoms with Gasteiger partial charge >= 0.3 is 0 Å². The van der Waals surface area contributed by atoms with Crippen LogP contribution in [0.3, 0.4) is 0 Å². The van der Waals surface area contributed by atoms with Gasteiger partial charge in [-0.3, -0.25) is 18.8 Å². The van der Waals surface area contributed by atoms with Crippen LogP contribution in [-0.2, 0) is 17.9 Å². The molecule has 0 bridgehead atoms. The summed E-state index contributed by atoms with van der Waals surface area (Å²) in [7, 11) is 0. The Morgan fingerprint density at radius 2 is 1.90 bits per heavy atom. The molecule has 0 spiro atoms. The molecule has 1 aliphatic rings. The van der Waals surface area contributed by atoms with Gasteiger partial charge in [0.25, 0.3) is 5.56 Å². The number of fused-ring (bicyclic) bond motifs is 1. The number of hydrogen-bond donors (Lipinski definition) is 1. The van der Waals surface area contributed by atoms with Crippen LogP contribution in [0, 0.1) is 13.8 Å². The van der Waals surface area contributed by atoms with Crippen LogP contribution in [0.25, 0.3) is 11.0 Å². The lowest BCUT2D eigenvalue weighted by Crippen LogP contribution is -2.34. The quantitative estimate of drug-likeness (QED) is 0.451. The van der Waals surface area contributed by atoms with Crippen LogP contribution in [0.15, 0.2) is 34.2 Å². The van der Waals surface area contributed by atoms with E-state index >= 15 is 0 Å². The highest BCUT2D eigenvalue weighted by molar-refractivity contribution is 7.99. The average molecular weight is 440 g/mol. The van der Waals surface area contributed by atoms with E-state index in [0.717, 1.165) is 24.1 Å². The van der Waals surface area contributed by atoms with E-state index in [9.17, 15) is 9.59 Å². The molecular weight excluding hydrogens is 410 g/mol. The molecule has 1 aliphatic carbocycles. The molecule has 0 aliphatic heterocycles. The minimum atomic E-state index is -0.119. The van der Waals surface area contributed by atoms with E-state index in [0.29, 0.717) is 29.3 Å². The number of benzene rings is 1. The third kappa shape index (κ3) is 4.69. The highest BCUT2D eigenvalue weighted by Gasteiger charge is 2.21. The van der Waals surface area contributed by atoms with Crippen molar-refractivity contribution in [3.8, 4) is 0 Å². The van der Waals surface area contributed by atoms with Crippen LogP contribution in [0.1, 0.15) is 49.4 Å². The lowest BCUT2D eigenvalue weighted by Gasteiger charge is -2.14. The van der Waals surface area contributed by atoms with E-state index in [-0.39, 0.29) is 23.3 Å². The Morgan fingerprint density at radius 1 is 1.19 bits per heavy atom. The Bertz CT molecular complexity index is 1140. The second-order valence-corrected chi connectivity index (χ2v) is 9.15. The van der Waals surface area contributed by atoms with Crippen molar-refractivity contribution >= 4 is 28.7 Å². The van der Waals surface area contributed by atoms with Crippen LogP contribution >= 0.6 is 11.8 Å². The van der Waals surface area contributed by atoms with Crippen molar-refractivity contribution < 1.29 is 4.79 Å². The molecule has 8 heteroatoms. The van der Waals surface area contributed by atoms with E-state index < -0.39 is 0 Å². The van der Waals surface area contributed by atoms with Crippen LogP contribution in [0.4, 0.5) is 0 Å². The summed E-state index contributed by atoms with van der Waals surface area (Å²) in [6.07, 6.45) is 4.45. The van der Waals surface area contributed by atoms with Crippen LogP contribution in [0.2, 0.25) is 0 Å². The fourth-order valence-electron chi connectivity index (χ4n) is 4.11. The third-order valence-corrected chi connectivity index (χ3v) is 6.77. The summed E-state index contributed by atoms with van der Waals surface area (Å²) >= 11 is 1.32. The van der Waals surface area contributed by atoms with Crippen molar-refractivity contribution in [2.24, 2.45) is 0 Å². The van der Waals surface area contributed by atoms with E-state index in [1.165, 1.54) is 30.2 Å². The first-order valence-corrected chi connectivity index (χ1v) is 11.9. The van der Waals surface area contributed by atoms with E-state index in [2.05, 4.69) is 10.4 Å². The summed E-state index contributed by atoms with van der Waals surface area (Å²) in [5.41, 5.74) is 3.94. The van der Waals surface area contributed by atoms with Crippen LogP contribution in [-0.4, -0.2) is 37.0 Å². The van der Waals surface area contributed by atoms with Gasteiger partial charge in [0.05, 0.1) is 18.0 Å². The first kappa shape index (κ1) is 21.6. The van der Waals surface area contributed by atoms with Gasteiger partial charge in [0.1, 0.15) is 5.52 Å². The number of rotatable bonds is 7. The van der Waals surface area contributed by atoms with Gasteiger partial charge in [0, 0.05) is 12.6 Å². The van der Waals surface area contributed by atoms with Gasteiger partial charge in [0.15, 0.2) is 10.7 Å². The number of carbonyl (C=O) groups is 1. The van der Waals surface area contributed by atoms with Crippen molar-refractivity contribution in [2.45, 2.75) is 70.7 Å². The van der Waals surface area contributed by atoms with Crippen molar-refractivity contribution in [1.82, 2.24) is 24.6 Å². The maximum Gasteiger partial charge on any atom is 0.280 e. The number of aryl methyl sites for hydroxylation is 3. The van der Waals surface area contributed by atoms with E-state index in [4.69, 9.17) is 4.98 Å². The van der Waals surface area contributed by atoms with E-state index in [1.54, 1.807) is 9.25 Å². The molecule has 3 aromatic rings. The van der Waals surface area contributed by atoms with Gasteiger partial charge in [-0.05, 0) is 39.2 Å². The summed E-state index contributed by atoms with van der Waals surface area (Å²) in [6.45, 7) is 6.87. The molecule has 0 unspecified atom stereocenters. The minimum absolute atomic E-state index is 0.00546. The van der Waals surface area contributed by atoms with E-state index in [1.807, 2.05) is 45.0 Å². The fraction of sp³-hybridized carbons (Fsp3) is 0.478. The molecule has 1 amide bonds. The molecule has 7 nitrogen and oxygen atoms in total. The van der Waals surface area contributed by atoms with Gasteiger partial charge in [0.2, 0.25) is 5.91 Å². The topological polar surface area (TPSA) is 81.8 Å². The molecule has 0 atom stereocenters. The second kappa shape index (κ2) is 9.26. The molecule has 1 aromatic carbocycles. The van der Waals surface area contributed by atoms with Gasteiger partial charge < -0.3 is 5.32 Å². The fourth-order valence-corrected chi connectivity index (χ4v) is 4.92. The molecular formula is C23H29N5O2S. The largest absolute Gasteiger partial charge is 0.353 e. The molecule has 1 N–H and O–H groups in total. The smallest absolute Gasteiger partial charge is 0.280 e. The minimum Gasteiger partial charge on any atom is -0.353 e. The van der Waals surface area contributed by atoms with Crippen molar-refractivity contribution in [1.29, 1.82) is 0 Å². The van der Waals surface area contributed by atoms with Gasteiger partial charge in [-0.25, -0.2) is 4.98 Å². The monoisotopic (exact) mass is 439 g/mol. The zero-order valence-electron chi connectivity index (χ0n) is 18.4. The van der Waals surface area contributed by atoms with Gasteiger partial charge in [-0.15, -0.1) is 0 Å². The molecule has 0 saturated heterocycles. The van der Waals surface area contributed by atoms with Crippen molar-refractivity contribution in [3.63, 3.8) is 0 Å². The Morgan fingerprint density at radius 3 is 2.58 bits per heavy atom. The van der Waals surface area contributed by atoms with Crippen molar-refractivity contribution in [3.05, 3.63) is 51.4 Å². The number of nitrogens with zero attached hydrogens (tertiary/aromatic N) is 4. The Labute approximate surface area is 186 Å². The molecule has 1 saturated carbocycles. The molecule has 0 radical (unpaired) electrons. The Hall–Kier alpha value is -2.61. The molecule has 164 valence electrons.